The van der Waals surface area contributed by atoms with Crippen LogP contribution in [0.3, 0.4) is 0 Å². The van der Waals surface area contributed by atoms with E-state index in [2.05, 4.69) is 45.0 Å². The Balaban J connectivity index is 4.14. The van der Waals surface area contributed by atoms with Gasteiger partial charge in [0.15, 0.2) is 0 Å². The summed E-state index contributed by atoms with van der Waals surface area (Å²) in [6, 6.07) is 0. The highest BCUT2D eigenvalue weighted by atomic mass is 16.3. The molecular weight excluding hydrogens is 212 g/mol. The fourth-order valence-corrected chi connectivity index (χ4v) is 2.39. The minimum absolute atomic E-state index is 0.248. The molecule has 0 aliphatic rings. The van der Waals surface area contributed by atoms with Gasteiger partial charge in [0, 0.05) is 19.6 Å². The lowest BCUT2D eigenvalue weighted by molar-refractivity contribution is 0.146. The first-order valence-electron chi connectivity index (χ1n) is 6.93. The molecule has 0 aromatic carbocycles. The minimum Gasteiger partial charge on any atom is -0.395 e. The third kappa shape index (κ3) is 8.58. The highest BCUT2D eigenvalue weighted by molar-refractivity contribution is 4.80. The zero-order valence-electron chi connectivity index (χ0n) is 12.4. The first-order valence-corrected chi connectivity index (χ1v) is 6.93. The molecule has 0 rings (SSSR count). The third-order valence-corrected chi connectivity index (χ3v) is 3.09. The van der Waals surface area contributed by atoms with Crippen molar-refractivity contribution in [1.82, 2.24) is 10.2 Å². The van der Waals surface area contributed by atoms with Gasteiger partial charge in [-0.1, -0.05) is 34.1 Å². The highest BCUT2D eigenvalue weighted by Crippen LogP contribution is 2.23. The lowest BCUT2D eigenvalue weighted by Crippen LogP contribution is -2.42. The lowest BCUT2D eigenvalue weighted by atomic mass is 9.84. The molecule has 0 aliphatic carbocycles. The van der Waals surface area contributed by atoms with Crippen LogP contribution in [0.1, 0.15) is 40.5 Å². The molecule has 0 bridgehead atoms. The number of aliphatic hydroxyl groups excluding tert-OH is 1. The summed E-state index contributed by atoms with van der Waals surface area (Å²) in [4.78, 5) is 2.23. The van der Waals surface area contributed by atoms with E-state index in [9.17, 15) is 0 Å². The van der Waals surface area contributed by atoms with E-state index >= 15 is 0 Å². The minimum atomic E-state index is 0.248. The van der Waals surface area contributed by atoms with Crippen LogP contribution in [0.2, 0.25) is 0 Å². The van der Waals surface area contributed by atoms with Crippen LogP contribution in [-0.2, 0) is 0 Å². The molecule has 0 saturated heterocycles. The normalized spacial score (nSPS) is 15.5. The number of likely N-dealkylation sites (N-methyl/N-ethyl adjacent to an activating group) is 1. The molecule has 104 valence electrons. The predicted octanol–water partition coefficient (Wildman–Crippen LogP) is 1.96. The molecule has 3 nitrogen and oxygen atoms in total. The number of nitrogens with zero attached hydrogens (tertiary/aromatic N) is 1. The van der Waals surface area contributed by atoms with Crippen molar-refractivity contribution in [3.63, 3.8) is 0 Å². The summed E-state index contributed by atoms with van der Waals surface area (Å²) in [5.74, 6) is 0.705. The van der Waals surface area contributed by atoms with Gasteiger partial charge in [-0.15, -0.1) is 0 Å². The van der Waals surface area contributed by atoms with Crippen molar-refractivity contribution in [2.24, 2.45) is 11.3 Å². The summed E-state index contributed by atoms with van der Waals surface area (Å²) < 4.78 is 0. The summed E-state index contributed by atoms with van der Waals surface area (Å²) in [7, 11) is 2.09. The van der Waals surface area contributed by atoms with Gasteiger partial charge >= 0.3 is 0 Å². The van der Waals surface area contributed by atoms with Gasteiger partial charge in [-0.05, 0) is 31.3 Å². The van der Waals surface area contributed by atoms with Crippen molar-refractivity contribution >= 4 is 0 Å². The molecule has 1 unspecified atom stereocenters. The Morgan fingerprint density at radius 2 is 2.00 bits per heavy atom. The molecule has 0 fully saturated rings. The van der Waals surface area contributed by atoms with Gasteiger partial charge in [0.05, 0.1) is 6.61 Å². The van der Waals surface area contributed by atoms with E-state index in [1.807, 2.05) is 0 Å². The van der Waals surface area contributed by atoms with E-state index in [0.29, 0.717) is 11.3 Å². The van der Waals surface area contributed by atoms with Gasteiger partial charge in [0.2, 0.25) is 0 Å². The summed E-state index contributed by atoms with van der Waals surface area (Å²) in [5, 5.41) is 12.5. The molecule has 0 aromatic rings. The van der Waals surface area contributed by atoms with E-state index in [0.717, 1.165) is 26.2 Å². The summed E-state index contributed by atoms with van der Waals surface area (Å²) in [6.07, 6.45) is 2.45. The second kappa shape index (κ2) is 8.90. The van der Waals surface area contributed by atoms with Crippen molar-refractivity contribution < 1.29 is 5.11 Å². The predicted molar refractivity (Wildman–Crippen MR) is 75.3 cm³/mol. The van der Waals surface area contributed by atoms with E-state index in [1.165, 1.54) is 12.8 Å². The Hall–Kier alpha value is -0.120. The number of aliphatic hydroxyl groups is 1. The molecule has 17 heavy (non-hydrogen) atoms. The molecular formula is C14H32N2O. The van der Waals surface area contributed by atoms with E-state index in [-0.39, 0.29) is 6.61 Å². The molecule has 0 saturated carbocycles. The second-order valence-corrected chi connectivity index (χ2v) is 6.05. The van der Waals surface area contributed by atoms with Crippen molar-refractivity contribution in [3.8, 4) is 0 Å². The van der Waals surface area contributed by atoms with Gasteiger partial charge < -0.3 is 15.3 Å². The summed E-state index contributed by atoms with van der Waals surface area (Å²) >= 11 is 0. The van der Waals surface area contributed by atoms with Crippen LogP contribution >= 0.6 is 0 Å². The zero-order valence-corrected chi connectivity index (χ0v) is 12.4. The van der Waals surface area contributed by atoms with Crippen LogP contribution in [0.5, 0.6) is 0 Å². The van der Waals surface area contributed by atoms with Crippen LogP contribution in [-0.4, -0.2) is 49.8 Å². The maximum absolute atomic E-state index is 8.95. The van der Waals surface area contributed by atoms with Gasteiger partial charge in [-0.25, -0.2) is 0 Å². The van der Waals surface area contributed by atoms with Gasteiger partial charge in [-0.2, -0.15) is 0 Å². The maximum atomic E-state index is 8.95. The van der Waals surface area contributed by atoms with Gasteiger partial charge in [0.1, 0.15) is 0 Å². The number of hydrogen-bond acceptors (Lipinski definition) is 3. The first-order chi connectivity index (χ1) is 7.93. The average molecular weight is 244 g/mol. The Bertz CT molecular complexity index is 185. The first kappa shape index (κ1) is 16.9. The topological polar surface area (TPSA) is 35.5 Å². The standard InChI is InChI=1S/C14H32N2O/c1-6-7-14(4,11-15-10-13(2)3)12-16(5)8-9-17/h13,15,17H,6-12H2,1-5H3. The fourth-order valence-electron chi connectivity index (χ4n) is 2.39. The van der Waals surface area contributed by atoms with Crippen LogP contribution in [0.15, 0.2) is 0 Å². The van der Waals surface area contributed by atoms with Crippen LogP contribution < -0.4 is 5.32 Å². The molecule has 3 heteroatoms. The maximum Gasteiger partial charge on any atom is 0.0558 e. The molecule has 0 radical (unpaired) electrons. The van der Waals surface area contributed by atoms with Crippen molar-refractivity contribution in [2.45, 2.75) is 40.5 Å². The Morgan fingerprint density at radius 3 is 2.47 bits per heavy atom. The largest absolute Gasteiger partial charge is 0.395 e. The van der Waals surface area contributed by atoms with E-state index in [1.54, 1.807) is 0 Å². The van der Waals surface area contributed by atoms with Crippen molar-refractivity contribution in [2.75, 3.05) is 39.8 Å². The Labute approximate surface area is 108 Å². The van der Waals surface area contributed by atoms with Gasteiger partial charge in [-0.3, -0.25) is 0 Å². The Kier molecular flexibility index (Phi) is 8.83. The monoisotopic (exact) mass is 244 g/mol. The van der Waals surface area contributed by atoms with Gasteiger partial charge in [0.25, 0.3) is 0 Å². The number of hydrogen-bond donors (Lipinski definition) is 2. The second-order valence-electron chi connectivity index (χ2n) is 6.05. The third-order valence-electron chi connectivity index (χ3n) is 3.09. The average Bonchev–Trinajstić information content (AvgIpc) is 2.16. The molecule has 0 spiro atoms. The molecule has 1 atom stereocenters. The van der Waals surface area contributed by atoms with Crippen molar-refractivity contribution in [3.05, 3.63) is 0 Å². The SMILES string of the molecule is CCCC(C)(CNCC(C)C)CN(C)CCO. The number of nitrogens with one attached hydrogen (secondary N) is 1. The zero-order chi connectivity index (χ0) is 13.3. The smallest absolute Gasteiger partial charge is 0.0558 e. The van der Waals surface area contributed by atoms with E-state index in [4.69, 9.17) is 5.11 Å². The molecule has 0 heterocycles. The Morgan fingerprint density at radius 1 is 1.35 bits per heavy atom. The number of rotatable bonds is 10. The molecule has 0 aliphatic heterocycles. The molecule has 0 amide bonds. The van der Waals surface area contributed by atoms with Crippen LogP contribution in [0.25, 0.3) is 0 Å². The lowest BCUT2D eigenvalue weighted by Gasteiger charge is -2.34. The van der Waals surface area contributed by atoms with Crippen molar-refractivity contribution in [1.29, 1.82) is 0 Å². The highest BCUT2D eigenvalue weighted by Gasteiger charge is 2.24. The fraction of sp³-hybridized carbons (Fsp3) is 1.00. The van der Waals surface area contributed by atoms with E-state index < -0.39 is 0 Å². The summed E-state index contributed by atoms with van der Waals surface area (Å²) in [5.41, 5.74) is 0.313. The van der Waals surface area contributed by atoms with Crippen LogP contribution in [0.4, 0.5) is 0 Å². The van der Waals surface area contributed by atoms with Crippen LogP contribution in [0, 0.1) is 11.3 Å². The summed E-state index contributed by atoms with van der Waals surface area (Å²) in [6.45, 7) is 13.3. The quantitative estimate of drug-likeness (QED) is 0.617. The molecule has 0 aromatic heterocycles. The molecule has 2 N–H and O–H groups in total.